The number of rotatable bonds is 5. The number of nitrogens with one attached hydrogen (secondary N) is 1. The standard InChI is InChI=1S/C14H22N2S/c1-15-14-12-7-5-4-6-11(12)10-13(14)17-9-8-16(2)3/h4-7,13-15H,8-10H2,1-3H3. The average Bonchev–Trinajstić information content (AvgIpc) is 2.66. The second kappa shape index (κ2) is 5.89. The normalized spacial score (nSPS) is 23.1. The van der Waals surface area contributed by atoms with Crippen molar-refractivity contribution < 1.29 is 0 Å². The maximum absolute atomic E-state index is 3.47. The van der Waals surface area contributed by atoms with Crippen molar-refractivity contribution in [2.45, 2.75) is 17.7 Å². The highest BCUT2D eigenvalue weighted by Gasteiger charge is 2.30. The van der Waals surface area contributed by atoms with Crippen molar-refractivity contribution in [1.82, 2.24) is 10.2 Å². The van der Waals surface area contributed by atoms with Crippen LogP contribution in [0.4, 0.5) is 0 Å². The van der Waals surface area contributed by atoms with E-state index >= 15 is 0 Å². The molecule has 1 aliphatic carbocycles. The summed E-state index contributed by atoms with van der Waals surface area (Å²) in [6, 6.07) is 9.36. The molecule has 2 nitrogen and oxygen atoms in total. The summed E-state index contributed by atoms with van der Waals surface area (Å²) in [5, 5.41) is 4.17. The fourth-order valence-electron chi connectivity index (χ4n) is 2.44. The van der Waals surface area contributed by atoms with Gasteiger partial charge in [0.2, 0.25) is 0 Å². The van der Waals surface area contributed by atoms with Crippen molar-refractivity contribution in [2.75, 3.05) is 33.4 Å². The number of hydrogen-bond donors (Lipinski definition) is 1. The van der Waals surface area contributed by atoms with Crippen molar-refractivity contribution in [2.24, 2.45) is 0 Å². The van der Waals surface area contributed by atoms with Gasteiger partial charge in [0.25, 0.3) is 0 Å². The van der Waals surface area contributed by atoms with Gasteiger partial charge in [-0.05, 0) is 38.7 Å². The van der Waals surface area contributed by atoms with Gasteiger partial charge in [-0.1, -0.05) is 24.3 Å². The first-order valence-electron chi connectivity index (χ1n) is 6.23. The lowest BCUT2D eigenvalue weighted by Crippen LogP contribution is -2.25. The van der Waals surface area contributed by atoms with Crippen LogP contribution in [0.1, 0.15) is 17.2 Å². The zero-order valence-corrected chi connectivity index (χ0v) is 11.8. The van der Waals surface area contributed by atoms with Crippen LogP contribution in [0, 0.1) is 0 Å². The highest BCUT2D eigenvalue weighted by atomic mass is 32.2. The molecule has 3 heteroatoms. The molecule has 94 valence electrons. The van der Waals surface area contributed by atoms with Crippen LogP contribution in [-0.2, 0) is 6.42 Å². The van der Waals surface area contributed by atoms with E-state index in [1.807, 2.05) is 0 Å². The minimum atomic E-state index is 0.526. The number of hydrogen-bond acceptors (Lipinski definition) is 3. The molecule has 0 saturated carbocycles. The summed E-state index contributed by atoms with van der Waals surface area (Å²) in [6.45, 7) is 1.16. The largest absolute Gasteiger partial charge is 0.312 e. The third kappa shape index (κ3) is 3.03. The van der Waals surface area contributed by atoms with Crippen molar-refractivity contribution in [3.8, 4) is 0 Å². The maximum Gasteiger partial charge on any atom is 0.0444 e. The van der Waals surface area contributed by atoms with Crippen molar-refractivity contribution in [1.29, 1.82) is 0 Å². The van der Waals surface area contributed by atoms with Crippen molar-refractivity contribution >= 4 is 11.8 Å². The van der Waals surface area contributed by atoms with Crippen LogP contribution in [0.5, 0.6) is 0 Å². The molecule has 0 aromatic heterocycles. The van der Waals surface area contributed by atoms with Gasteiger partial charge in [-0.3, -0.25) is 0 Å². The number of fused-ring (bicyclic) bond motifs is 1. The van der Waals surface area contributed by atoms with E-state index in [4.69, 9.17) is 0 Å². The van der Waals surface area contributed by atoms with Gasteiger partial charge < -0.3 is 10.2 Å². The first-order chi connectivity index (χ1) is 8.22. The van der Waals surface area contributed by atoms with Crippen LogP contribution in [0.2, 0.25) is 0 Å². The van der Waals surface area contributed by atoms with E-state index in [-0.39, 0.29) is 0 Å². The molecule has 1 N–H and O–H groups in total. The SMILES string of the molecule is CNC1c2ccccc2CC1SCCN(C)C. The summed E-state index contributed by atoms with van der Waals surface area (Å²) in [5.41, 5.74) is 3.02. The molecule has 17 heavy (non-hydrogen) atoms. The predicted octanol–water partition coefficient (Wildman–Crippen LogP) is 2.17. The zero-order valence-electron chi connectivity index (χ0n) is 10.9. The highest BCUT2D eigenvalue weighted by Crippen LogP contribution is 2.37. The number of thioether (sulfide) groups is 1. The Labute approximate surface area is 109 Å². The van der Waals surface area contributed by atoms with E-state index < -0.39 is 0 Å². The molecule has 1 aromatic carbocycles. The maximum atomic E-state index is 3.47. The van der Waals surface area contributed by atoms with Crippen LogP contribution in [0.15, 0.2) is 24.3 Å². The molecule has 0 fully saturated rings. The van der Waals surface area contributed by atoms with Crippen molar-refractivity contribution in [3.05, 3.63) is 35.4 Å². The van der Waals surface area contributed by atoms with Gasteiger partial charge in [0.15, 0.2) is 0 Å². The van der Waals surface area contributed by atoms with Crippen LogP contribution in [0.25, 0.3) is 0 Å². The Morgan fingerprint density at radius 2 is 2.12 bits per heavy atom. The second-order valence-electron chi connectivity index (χ2n) is 4.88. The Hall–Kier alpha value is -0.510. The van der Waals surface area contributed by atoms with Crippen molar-refractivity contribution in [3.63, 3.8) is 0 Å². The Morgan fingerprint density at radius 3 is 2.82 bits per heavy atom. The lowest BCUT2D eigenvalue weighted by atomic mass is 10.1. The zero-order chi connectivity index (χ0) is 12.3. The molecule has 2 atom stereocenters. The molecular formula is C14H22N2S. The molecule has 0 aliphatic heterocycles. The topological polar surface area (TPSA) is 15.3 Å². The summed E-state index contributed by atoms with van der Waals surface area (Å²) in [6.07, 6.45) is 1.21. The van der Waals surface area contributed by atoms with E-state index in [2.05, 4.69) is 67.4 Å². The quantitative estimate of drug-likeness (QED) is 0.862. The molecule has 2 unspecified atom stereocenters. The first-order valence-corrected chi connectivity index (χ1v) is 7.28. The van der Waals surface area contributed by atoms with E-state index in [0.29, 0.717) is 11.3 Å². The van der Waals surface area contributed by atoms with Crippen LogP contribution in [0.3, 0.4) is 0 Å². The third-order valence-corrected chi connectivity index (χ3v) is 4.65. The summed E-state index contributed by atoms with van der Waals surface area (Å²) >= 11 is 2.10. The molecule has 1 aliphatic rings. The summed E-state index contributed by atoms with van der Waals surface area (Å²) in [4.78, 5) is 2.25. The average molecular weight is 250 g/mol. The number of benzene rings is 1. The van der Waals surface area contributed by atoms with Gasteiger partial charge in [0, 0.05) is 23.6 Å². The monoisotopic (exact) mass is 250 g/mol. The number of nitrogens with zero attached hydrogens (tertiary/aromatic N) is 1. The summed E-state index contributed by atoms with van der Waals surface area (Å²) in [7, 11) is 6.35. The van der Waals surface area contributed by atoms with Crippen LogP contribution < -0.4 is 5.32 Å². The first kappa shape index (κ1) is 12.9. The minimum absolute atomic E-state index is 0.526. The van der Waals surface area contributed by atoms with Gasteiger partial charge in [0.05, 0.1) is 0 Å². The fourth-order valence-corrected chi connectivity index (χ4v) is 3.99. The molecular weight excluding hydrogens is 228 g/mol. The Morgan fingerprint density at radius 1 is 1.35 bits per heavy atom. The second-order valence-corrected chi connectivity index (χ2v) is 6.23. The van der Waals surface area contributed by atoms with Gasteiger partial charge in [-0.25, -0.2) is 0 Å². The summed E-state index contributed by atoms with van der Waals surface area (Å²) in [5.74, 6) is 1.21. The van der Waals surface area contributed by atoms with Gasteiger partial charge in [-0.2, -0.15) is 11.8 Å². The molecule has 0 radical (unpaired) electrons. The molecule has 1 aromatic rings. The van der Waals surface area contributed by atoms with E-state index in [1.165, 1.54) is 23.3 Å². The third-order valence-electron chi connectivity index (χ3n) is 3.36. The van der Waals surface area contributed by atoms with E-state index in [0.717, 1.165) is 6.54 Å². The minimum Gasteiger partial charge on any atom is -0.312 e. The molecule has 0 bridgehead atoms. The lowest BCUT2D eigenvalue weighted by Gasteiger charge is -2.20. The molecule has 0 amide bonds. The molecule has 0 saturated heterocycles. The molecule has 0 spiro atoms. The van der Waals surface area contributed by atoms with Crippen LogP contribution >= 0.6 is 11.8 Å². The highest BCUT2D eigenvalue weighted by molar-refractivity contribution is 8.00. The van der Waals surface area contributed by atoms with E-state index in [9.17, 15) is 0 Å². The van der Waals surface area contributed by atoms with Gasteiger partial charge in [0.1, 0.15) is 0 Å². The Bertz CT molecular complexity index is 365. The molecule has 2 rings (SSSR count). The fraction of sp³-hybridized carbons (Fsp3) is 0.571. The smallest absolute Gasteiger partial charge is 0.0444 e. The van der Waals surface area contributed by atoms with Gasteiger partial charge in [-0.15, -0.1) is 0 Å². The van der Waals surface area contributed by atoms with Gasteiger partial charge >= 0.3 is 0 Å². The predicted molar refractivity (Wildman–Crippen MR) is 76.7 cm³/mol. The van der Waals surface area contributed by atoms with Crippen LogP contribution in [-0.4, -0.2) is 43.6 Å². The Kier molecular flexibility index (Phi) is 4.48. The Balaban J connectivity index is 1.97. The van der Waals surface area contributed by atoms with E-state index in [1.54, 1.807) is 0 Å². The summed E-state index contributed by atoms with van der Waals surface area (Å²) < 4.78 is 0. The lowest BCUT2D eigenvalue weighted by molar-refractivity contribution is 0.437. The molecule has 0 heterocycles.